The van der Waals surface area contributed by atoms with Gasteiger partial charge in [-0.15, -0.1) is 0 Å². The highest BCUT2D eigenvalue weighted by Gasteiger charge is 2.35. The molecule has 1 aliphatic rings. The van der Waals surface area contributed by atoms with E-state index in [2.05, 4.69) is 10.3 Å². The van der Waals surface area contributed by atoms with Gasteiger partial charge in [0, 0.05) is 23.7 Å². The molecular weight excluding hydrogens is 498 g/mol. The van der Waals surface area contributed by atoms with Gasteiger partial charge in [0.1, 0.15) is 5.25 Å². The van der Waals surface area contributed by atoms with Crippen LogP contribution in [0.1, 0.15) is 22.3 Å². The first kappa shape index (κ1) is 25.5. The fourth-order valence-corrected chi connectivity index (χ4v) is 4.85. The van der Waals surface area contributed by atoms with Crippen molar-refractivity contribution in [1.82, 2.24) is 4.90 Å². The lowest BCUT2D eigenvalue weighted by Crippen LogP contribution is -2.46. The molecule has 0 saturated carbocycles. The summed E-state index contributed by atoms with van der Waals surface area (Å²) in [5.41, 5.74) is 2.64. The Kier molecular flexibility index (Phi) is 8.40. The lowest BCUT2D eigenvalue weighted by atomic mass is 10.1. The summed E-state index contributed by atoms with van der Waals surface area (Å²) < 4.78 is 4.70. The number of hydrogen-bond acceptors (Lipinski definition) is 6. The van der Waals surface area contributed by atoms with Crippen LogP contribution in [0.15, 0.2) is 83.9 Å². The van der Waals surface area contributed by atoms with Crippen LogP contribution in [-0.2, 0) is 20.7 Å². The minimum absolute atomic E-state index is 0.0468. The number of hydrogen-bond donors (Lipinski definition) is 1. The van der Waals surface area contributed by atoms with Crippen LogP contribution in [-0.4, -0.2) is 46.8 Å². The minimum Gasteiger partial charge on any atom is -0.465 e. The SMILES string of the molecule is COC(=O)c1ccc(NC(=O)[C@@H]2CC(=O)N(CCc3ccccc3)C(=Nc3ccc(Cl)cc3)S2)cc1. The fraction of sp³-hybridized carbons (Fsp3) is 0.185. The zero-order valence-electron chi connectivity index (χ0n) is 19.5. The normalized spacial score (nSPS) is 16.6. The lowest BCUT2D eigenvalue weighted by Gasteiger charge is -2.32. The summed E-state index contributed by atoms with van der Waals surface area (Å²) in [4.78, 5) is 44.2. The molecule has 0 bridgehead atoms. The van der Waals surface area contributed by atoms with Gasteiger partial charge in [-0.25, -0.2) is 9.79 Å². The monoisotopic (exact) mass is 521 g/mol. The first-order valence-electron chi connectivity index (χ1n) is 11.3. The summed E-state index contributed by atoms with van der Waals surface area (Å²) in [6.07, 6.45) is 0.710. The molecule has 7 nitrogen and oxygen atoms in total. The molecule has 1 saturated heterocycles. The second kappa shape index (κ2) is 11.9. The van der Waals surface area contributed by atoms with E-state index >= 15 is 0 Å². The van der Waals surface area contributed by atoms with Crippen LogP contribution in [0.25, 0.3) is 0 Å². The Morgan fingerprint density at radius 3 is 2.42 bits per heavy atom. The summed E-state index contributed by atoms with van der Waals surface area (Å²) in [6, 6.07) is 23.3. The third-order valence-electron chi connectivity index (χ3n) is 5.52. The summed E-state index contributed by atoms with van der Waals surface area (Å²) in [5.74, 6) is -0.941. The van der Waals surface area contributed by atoms with E-state index in [-0.39, 0.29) is 18.2 Å². The van der Waals surface area contributed by atoms with Crippen molar-refractivity contribution in [2.75, 3.05) is 19.0 Å². The number of aliphatic imine (C=N–C) groups is 1. The van der Waals surface area contributed by atoms with Gasteiger partial charge in [0.25, 0.3) is 0 Å². The Morgan fingerprint density at radius 1 is 1.06 bits per heavy atom. The molecule has 184 valence electrons. The van der Waals surface area contributed by atoms with Crippen LogP contribution in [0.5, 0.6) is 0 Å². The number of esters is 1. The maximum Gasteiger partial charge on any atom is 0.337 e. The number of carbonyl (C=O) groups excluding carboxylic acids is 3. The predicted octanol–water partition coefficient (Wildman–Crippen LogP) is 5.33. The molecule has 0 unspecified atom stereocenters. The van der Waals surface area contributed by atoms with E-state index in [1.807, 2.05) is 30.3 Å². The first-order chi connectivity index (χ1) is 17.4. The van der Waals surface area contributed by atoms with Crippen LogP contribution >= 0.6 is 23.4 Å². The van der Waals surface area contributed by atoms with Crippen molar-refractivity contribution in [2.45, 2.75) is 18.1 Å². The average molecular weight is 522 g/mol. The molecule has 1 fully saturated rings. The molecule has 1 aliphatic heterocycles. The third-order valence-corrected chi connectivity index (χ3v) is 6.96. The number of benzene rings is 3. The van der Waals surface area contributed by atoms with Crippen molar-refractivity contribution in [1.29, 1.82) is 0 Å². The quantitative estimate of drug-likeness (QED) is 0.424. The van der Waals surface area contributed by atoms with Crippen molar-refractivity contribution in [3.05, 3.63) is 95.0 Å². The Hall–Kier alpha value is -3.62. The Labute approximate surface area is 218 Å². The average Bonchev–Trinajstić information content (AvgIpc) is 2.90. The molecule has 1 heterocycles. The molecule has 36 heavy (non-hydrogen) atoms. The van der Waals surface area contributed by atoms with Crippen molar-refractivity contribution in [2.24, 2.45) is 4.99 Å². The fourth-order valence-electron chi connectivity index (χ4n) is 3.60. The number of carbonyl (C=O) groups is 3. The third kappa shape index (κ3) is 6.53. The molecule has 1 N–H and O–H groups in total. The molecule has 2 amide bonds. The summed E-state index contributed by atoms with van der Waals surface area (Å²) in [7, 11) is 1.31. The maximum atomic E-state index is 13.2. The van der Waals surface area contributed by atoms with Gasteiger partial charge in [-0.3, -0.25) is 14.5 Å². The molecule has 3 aromatic rings. The molecule has 0 aromatic heterocycles. The standard InChI is InChI=1S/C27H24ClN3O4S/c1-35-26(34)19-7-11-21(12-8-19)29-25(33)23-17-24(32)31(16-15-18-5-3-2-4-6-18)27(36-23)30-22-13-9-20(28)10-14-22/h2-14,23H,15-17H2,1H3,(H,29,33)/t23-/m0/s1. The largest absolute Gasteiger partial charge is 0.465 e. The molecule has 3 aromatic carbocycles. The Bertz CT molecular complexity index is 1260. The smallest absolute Gasteiger partial charge is 0.337 e. The second-order valence-corrected chi connectivity index (χ2v) is 9.63. The Morgan fingerprint density at radius 2 is 1.75 bits per heavy atom. The first-order valence-corrected chi connectivity index (χ1v) is 12.5. The highest BCUT2D eigenvalue weighted by atomic mass is 35.5. The number of halogens is 1. The van der Waals surface area contributed by atoms with Crippen LogP contribution in [0.3, 0.4) is 0 Å². The van der Waals surface area contributed by atoms with Gasteiger partial charge in [0.05, 0.1) is 18.4 Å². The zero-order chi connectivity index (χ0) is 25.5. The van der Waals surface area contributed by atoms with Crippen LogP contribution in [0.2, 0.25) is 5.02 Å². The topological polar surface area (TPSA) is 88.1 Å². The molecule has 4 rings (SSSR count). The van der Waals surface area contributed by atoms with Gasteiger partial charge in [-0.05, 0) is 60.5 Å². The van der Waals surface area contributed by atoms with E-state index in [1.54, 1.807) is 53.4 Å². The molecule has 0 radical (unpaired) electrons. The molecule has 9 heteroatoms. The van der Waals surface area contributed by atoms with Crippen LogP contribution < -0.4 is 5.32 Å². The molecular formula is C27H24ClN3O4S. The van der Waals surface area contributed by atoms with E-state index < -0.39 is 11.2 Å². The number of ether oxygens (including phenoxy) is 1. The summed E-state index contributed by atoms with van der Waals surface area (Å²) in [5, 5.41) is 3.22. The number of rotatable bonds is 7. The van der Waals surface area contributed by atoms with E-state index in [4.69, 9.17) is 16.3 Å². The second-order valence-electron chi connectivity index (χ2n) is 8.02. The van der Waals surface area contributed by atoms with Gasteiger partial charge in [-0.2, -0.15) is 0 Å². The number of nitrogens with one attached hydrogen (secondary N) is 1. The zero-order valence-corrected chi connectivity index (χ0v) is 21.1. The number of nitrogens with zero attached hydrogens (tertiary/aromatic N) is 2. The van der Waals surface area contributed by atoms with E-state index in [1.165, 1.54) is 18.9 Å². The van der Waals surface area contributed by atoms with Crippen LogP contribution in [0.4, 0.5) is 11.4 Å². The van der Waals surface area contributed by atoms with Crippen molar-refractivity contribution >= 4 is 57.7 Å². The number of amidine groups is 1. The molecule has 0 aliphatic carbocycles. The van der Waals surface area contributed by atoms with E-state index in [0.717, 1.165) is 5.56 Å². The summed E-state index contributed by atoms with van der Waals surface area (Å²) in [6.45, 7) is 0.450. The maximum absolute atomic E-state index is 13.2. The molecule has 1 atom stereocenters. The molecule has 0 spiro atoms. The van der Waals surface area contributed by atoms with Gasteiger partial charge >= 0.3 is 5.97 Å². The van der Waals surface area contributed by atoms with Crippen molar-refractivity contribution in [3.8, 4) is 0 Å². The highest BCUT2D eigenvalue weighted by molar-refractivity contribution is 8.15. The van der Waals surface area contributed by atoms with E-state index in [9.17, 15) is 14.4 Å². The van der Waals surface area contributed by atoms with Crippen molar-refractivity contribution < 1.29 is 19.1 Å². The van der Waals surface area contributed by atoms with Gasteiger partial charge in [-0.1, -0.05) is 53.7 Å². The number of methoxy groups -OCH3 is 1. The van der Waals surface area contributed by atoms with Crippen molar-refractivity contribution in [3.63, 3.8) is 0 Å². The number of anilines is 1. The minimum atomic E-state index is -0.656. The van der Waals surface area contributed by atoms with Gasteiger partial charge in [0.2, 0.25) is 11.8 Å². The summed E-state index contributed by atoms with van der Waals surface area (Å²) >= 11 is 7.26. The van der Waals surface area contributed by atoms with Gasteiger partial charge in [0.15, 0.2) is 5.17 Å². The highest BCUT2D eigenvalue weighted by Crippen LogP contribution is 2.30. The lowest BCUT2D eigenvalue weighted by molar-refractivity contribution is -0.129. The predicted molar refractivity (Wildman–Crippen MR) is 143 cm³/mol. The Balaban J connectivity index is 1.51. The van der Waals surface area contributed by atoms with Crippen LogP contribution in [0, 0.1) is 0 Å². The number of thioether (sulfide) groups is 1. The number of amides is 2. The van der Waals surface area contributed by atoms with Gasteiger partial charge < -0.3 is 10.1 Å². The van der Waals surface area contributed by atoms with E-state index in [0.29, 0.717) is 40.1 Å².